The van der Waals surface area contributed by atoms with Crippen LogP contribution in [0.4, 0.5) is 4.39 Å². The Morgan fingerprint density at radius 1 is 1.10 bits per heavy atom. The summed E-state index contributed by atoms with van der Waals surface area (Å²) in [5.74, 6) is 0.118. The zero-order chi connectivity index (χ0) is 21.6. The van der Waals surface area contributed by atoms with Gasteiger partial charge in [0.05, 0.1) is 5.75 Å². The Morgan fingerprint density at radius 3 is 2.52 bits per heavy atom. The molecule has 0 aliphatic heterocycles. The quantitative estimate of drug-likeness (QED) is 0.478. The average Bonchev–Trinajstić information content (AvgIpc) is 3.27. The molecule has 1 aliphatic carbocycles. The van der Waals surface area contributed by atoms with E-state index in [1.807, 2.05) is 40.7 Å². The van der Waals surface area contributed by atoms with Crippen LogP contribution in [-0.2, 0) is 11.3 Å². The summed E-state index contributed by atoms with van der Waals surface area (Å²) in [7, 11) is 0. The van der Waals surface area contributed by atoms with Crippen molar-refractivity contribution in [3.63, 3.8) is 0 Å². The molecule has 0 N–H and O–H groups in total. The van der Waals surface area contributed by atoms with Crippen LogP contribution in [0.5, 0.6) is 0 Å². The summed E-state index contributed by atoms with van der Waals surface area (Å²) in [6.07, 6.45) is 7.24. The fraction of sp³-hybridized carbons (Fsp3) is 0.375. The number of hydrogen-bond donors (Lipinski definition) is 0. The van der Waals surface area contributed by atoms with E-state index in [1.54, 1.807) is 18.5 Å². The number of hydrogen-bond acceptors (Lipinski definition) is 4. The standard InChI is InChI=1S/C24H27FN4OS/c1-18-7-13-22(14-8-18)29-17-26-27-24(29)31-16-23(30)28(21-5-3-2-4-6-21)15-19-9-11-20(25)12-10-19/h7-14,17,21H,2-6,15-16H2,1H3. The van der Waals surface area contributed by atoms with Gasteiger partial charge in [0.2, 0.25) is 5.91 Å². The highest BCUT2D eigenvalue weighted by Gasteiger charge is 2.26. The van der Waals surface area contributed by atoms with Gasteiger partial charge in [-0.1, -0.05) is 60.9 Å². The van der Waals surface area contributed by atoms with Crippen molar-refractivity contribution in [2.24, 2.45) is 0 Å². The van der Waals surface area contributed by atoms with Crippen molar-refractivity contribution in [2.75, 3.05) is 5.75 Å². The smallest absolute Gasteiger partial charge is 0.233 e. The molecule has 4 rings (SSSR count). The van der Waals surface area contributed by atoms with E-state index in [0.717, 1.165) is 36.9 Å². The van der Waals surface area contributed by atoms with E-state index >= 15 is 0 Å². The SMILES string of the molecule is Cc1ccc(-n2cnnc2SCC(=O)N(Cc2ccc(F)cc2)C2CCCCC2)cc1. The monoisotopic (exact) mass is 438 g/mol. The van der Waals surface area contributed by atoms with Gasteiger partial charge in [-0.25, -0.2) is 4.39 Å². The topological polar surface area (TPSA) is 51.0 Å². The summed E-state index contributed by atoms with van der Waals surface area (Å²) in [5, 5.41) is 8.95. The molecule has 3 aromatic rings. The van der Waals surface area contributed by atoms with Crippen LogP contribution < -0.4 is 0 Å². The molecule has 1 heterocycles. The third-order valence-corrected chi connectivity index (χ3v) is 6.68. The molecule has 31 heavy (non-hydrogen) atoms. The van der Waals surface area contributed by atoms with E-state index in [1.165, 1.54) is 35.9 Å². The first-order valence-corrected chi connectivity index (χ1v) is 11.7. The lowest BCUT2D eigenvalue weighted by Gasteiger charge is -2.34. The van der Waals surface area contributed by atoms with Gasteiger partial charge in [0.25, 0.3) is 0 Å². The molecular weight excluding hydrogens is 411 g/mol. The highest BCUT2D eigenvalue weighted by atomic mass is 32.2. The summed E-state index contributed by atoms with van der Waals surface area (Å²) in [4.78, 5) is 15.3. The van der Waals surface area contributed by atoms with Crippen LogP contribution in [0, 0.1) is 12.7 Å². The Bertz CT molecular complexity index is 997. The van der Waals surface area contributed by atoms with Crippen LogP contribution in [0.25, 0.3) is 5.69 Å². The Labute approximate surface area is 186 Å². The van der Waals surface area contributed by atoms with Crippen LogP contribution in [0.2, 0.25) is 0 Å². The van der Waals surface area contributed by atoms with Gasteiger partial charge in [0, 0.05) is 18.3 Å². The highest BCUT2D eigenvalue weighted by Crippen LogP contribution is 2.26. The Morgan fingerprint density at radius 2 is 1.81 bits per heavy atom. The number of rotatable bonds is 7. The number of thioether (sulfide) groups is 1. The maximum absolute atomic E-state index is 13.3. The Hall–Kier alpha value is -2.67. The van der Waals surface area contributed by atoms with Gasteiger partial charge in [-0.15, -0.1) is 10.2 Å². The van der Waals surface area contributed by atoms with Gasteiger partial charge in [-0.05, 0) is 49.6 Å². The third kappa shape index (κ3) is 5.53. The van der Waals surface area contributed by atoms with Gasteiger partial charge in [-0.2, -0.15) is 0 Å². The van der Waals surface area contributed by atoms with E-state index < -0.39 is 0 Å². The van der Waals surface area contributed by atoms with Crippen LogP contribution >= 0.6 is 11.8 Å². The second kappa shape index (κ2) is 10.1. The van der Waals surface area contributed by atoms with Crippen LogP contribution in [0.1, 0.15) is 43.2 Å². The molecule has 162 valence electrons. The zero-order valence-electron chi connectivity index (χ0n) is 17.7. The average molecular weight is 439 g/mol. The second-order valence-electron chi connectivity index (χ2n) is 8.05. The number of aromatic nitrogens is 3. The number of halogens is 1. The van der Waals surface area contributed by atoms with Gasteiger partial charge >= 0.3 is 0 Å². The first-order chi connectivity index (χ1) is 15.1. The van der Waals surface area contributed by atoms with Crippen LogP contribution in [0.3, 0.4) is 0 Å². The third-order valence-electron chi connectivity index (χ3n) is 5.76. The molecule has 0 spiro atoms. The van der Waals surface area contributed by atoms with Crippen molar-refractivity contribution in [3.05, 3.63) is 71.8 Å². The Kier molecular flexibility index (Phi) is 7.02. The molecule has 1 amide bonds. The second-order valence-corrected chi connectivity index (χ2v) is 8.99. The minimum absolute atomic E-state index is 0.0830. The molecule has 0 unspecified atom stereocenters. The molecule has 1 saturated carbocycles. The normalized spacial score (nSPS) is 14.5. The number of benzene rings is 2. The predicted molar refractivity (Wildman–Crippen MR) is 121 cm³/mol. The molecule has 1 aliphatic rings. The first kappa shape index (κ1) is 21.6. The van der Waals surface area contributed by atoms with E-state index in [-0.39, 0.29) is 17.8 Å². The molecule has 1 fully saturated rings. The minimum atomic E-state index is -0.259. The summed E-state index contributed by atoms with van der Waals surface area (Å²) >= 11 is 1.40. The van der Waals surface area contributed by atoms with Gasteiger partial charge in [-0.3, -0.25) is 9.36 Å². The van der Waals surface area contributed by atoms with Gasteiger partial charge in [0.15, 0.2) is 5.16 Å². The lowest BCUT2D eigenvalue weighted by atomic mass is 9.94. The van der Waals surface area contributed by atoms with Crippen molar-refractivity contribution in [1.82, 2.24) is 19.7 Å². The number of nitrogens with zero attached hydrogens (tertiary/aromatic N) is 4. The van der Waals surface area contributed by atoms with Crippen molar-refractivity contribution < 1.29 is 9.18 Å². The molecule has 7 heteroatoms. The lowest BCUT2D eigenvalue weighted by Crippen LogP contribution is -2.42. The molecule has 0 radical (unpaired) electrons. The van der Waals surface area contributed by atoms with E-state index in [4.69, 9.17) is 0 Å². The molecule has 0 atom stereocenters. The fourth-order valence-electron chi connectivity index (χ4n) is 4.01. The Balaban J connectivity index is 1.47. The molecular formula is C24H27FN4OS. The number of carbonyl (C=O) groups excluding carboxylic acids is 1. The van der Waals surface area contributed by atoms with Crippen molar-refractivity contribution in [3.8, 4) is 5.69 Å². The highest BCUT2D eigenvalue weighted by molar-refractivity contribution is 7.99. The van der Waals surface area contributed by atoms with E-state index in [0.29, 0.717) is 17.5 Å². The summed E-state index contributed by atoms with van der Waals surface area (Å²) in [6.45, 7) is 2.56. The summed E-state index contributed by atoms with van der Waals surface area (Å²) in [6, 6.07) is 14.8. The molecule has 1 aromatic heterocycles. The van der Waals surface area contributed by atoms with E-state index in [9.17, 15) is 9.18 Å². The fourth-order valence-corrected chi connectivity index (χ4v) is 4.83. The van der Waals surface area contributed by atoms with Crippen molar-refractivity contribution >= 4 is 17.7 Å². The molecule has 5 nitrogen and oxygen atoms in total. The van der Waals surface area contributed by atoms with Gasteiger partial charge in [0.1, 0.15) is 12.1 Å². The molecule has 0 saturated heterocycles. The number of amides is 1. The molecule has 2 aromatic carbocycles. The van der Waals surface area contributed by atoms with Crippen LogP contribution in [0.15, 0.2) is 60.0 Å². The maximum Gasteiger partial charge on any atom is 0.233 e. The van der Waals surface area contributed by atoms with E-state index in [2.05, 4.69) is 10.2 Å². The van der Waals surface area contributed by atoms with Crippen LogP contribution in [-0.4, -0.2) is 37.4 Å². The molecule has 0 bridgehead atoms. The largest absolute Gasteiger partial charge is 0.335 e. The summed E-state index contributed by atoms with van der Waals surface area (Å²) < 4.78 is 15.2. The minimum Gasteiger partial charge on any atom is -0.335 e. The maximum atomic E-state index is 13.3. The van der Waals surface area contributed by atoms with Gasteiger partial charge < -0.3 is 4.90 Å². The number of aryl methyl sites for hydroxylation is 1. The lowest BCUT2D eigenvalue weighted by molar-refractivity contribution is -0.132. The first-order valence-electron chi connectivity index (χ1n) is 10.7. The zero-order valence-corrected chi connectivity index (χ0v) is 18.5. The van der Waals surface area contributed by atoms with Crippen molar-refractivity contribution in [2.45, 2.75) is 56.8 Å². The predicted octanol–water partition coefficient (Wildman–Crippen LogP) is 5.17. The summed E-state index contributed by atoms with van der Waals surface area (Å²) in [5.41, 5.74) is 3.11. The number of carbonyl (C=O) groups is 1. The van der Waals surface area contributed by atoms with Crippen molar-refractivity contribution in [1.29, 1.82) is 0 Å².